The maximum absolute atomic E-state index is 6.44. The number of hydrogen-bond donors (Lipinski definition) is 0. The molecule has 0 saturated carbocycles. The van der Waals surface area contributed by atoms with Gasteiger partial charge in [0, 0.05) is 32.3 Å². The minimum atomic E-state index is -3.14. The molecule has 0 aliphatic carbocycles. The second-order valence-corrected chi connectivity index (χ2v) is 18.9. The first-order valence-corrected chi connectivity index (χ1v) is 21.8. The Labute approximate surface area is 335 Å². The van der Waals surface area contributed by atoms with Crippen LogP contribution in [0.25, 0.3) is 77.2 Å². The van der Waals surface area contributed by atoms with E-state index in [1.165, 1.54) is 42.3 Å². The number of pyridine rings is 1. The Morgan fingerprint density at radius 1 is 0.310 bits per heavy atom. The maximum atomic E-state index is 6.44. The van der Waals surface area contributed by atoms with Gasteiger partial charge in [-0.25, -0.2) is 4.98 Å². The largest absolute Gasteiger partial charge is 0.456 e. The normalized spacial score (nSPS) is 12.1. The average molecular weight is 758 g/mol. The number of benzene rings is 8. The Bertz CT molecular complexity index is 3250. The van der Waals surface area contributed by atoms with Gasteiger partial charge in [0.15, 0.2) is 8.07 Å². The molecule has 4 heterocycles. The Morgan fingerprint density at radius 3 is 1.19 bits per heavy atom. The van der Waals surface area contributed by atoms with Gasteiger partial charge in [-0.15, -0.1) is 0 Å². The van der Waals surface area contributed by atoms with Crippen LogP contribution in [0.5, 0.6) is 0 Å². The van der Waals surface area contributed by atoms with E-state index in [0.29, 0.717) is 0 Å². The first-order valence-electron chi connectivity index (χ1n) is 19.8. The Balaban J connectivity index is 1.28. The van der Waals surface area contributed by atoms with Gasteiger partial charge in [0.05, 0.1) is 22.1 Å². The van der Waals surface area contributed by atoms with E-state index in [1.807, 2.05) is 6.07 Å². The van der Waals surface area contributed by atoms with Gasteiger partial charge in [0.1, 0.15) is 22.8 Å². The van der Waals surface area contributed by atoms with Crippen molar-refractivity contribution < 1.29 is 4.42 Å². The zero-order valence-corrected chi connectivity index (χ0v) is 32.5. The molecule has 4 aromatic heterocycles. The number of aromatic nitrogens is 3. The highest BCUT2D eigenvalue weighted by Crippen LogP contribution is 2.35. The van der Waals surface area contributed by atoms with Crippen molar-refractivity contribution in [3.05, 3.63) is 212 Å². The molecule has 5 heteroatoms. The average Bonchev–Trinajstić information content (AvgIpc) is 3.95. The predicted octanol–water partition coefficient (Wildman–Crippen LogP) is 10.6. The molecule has 0 amide bonds. The Kier molecular flexibility index (Phi) is 7.21. The van der Waals surface area contributed by atoms with Crippen LogP contribution in [0.3, 0.4) is 0 Å². The van der Waals surface area contributed by atoms with Gasteiger partial charge in [-0.2, -0.15) is 0 Å². The maximum Gasteiger partial charge on any atom is 0.179 e. The Morgan fingerprint density at radius 2 is 0.707 bits per heavy atom. The van der Waals surface area contributed by atoms with Crippen LogP contribution in [0.4, 0.5) is 0 Å². The van der Waals surface area contributed by atoms with Gasteiger partial charge < -0.3 is 4.42 Å². The van der Waals surface area contributed by atoms with Crippen LogP contribution in [-0.2, 0) is 0 Å². The van der Waals surface area contributed by atoms with Gasteiger partial charge in [-0.3, -0.25) is 9.13 Å². The molecule has 0 atom stereocenters. The first kappa shape index (κ1) is 32.7. The molecular weight excluding hydrogens is 723 g/mol. The van der Waals surface area contributed by atoms with E-state index in [4.69, 9.17) is 9.40 Å². The topological polar surface area (TPSA) is 35.9 Å². The van der Waals surface area contributed by atoms with E-state index in [1.54, 1.807) is 0 Å². The van der Waals surface area contributed by atoms with Crippen molar-refractivity contribution in [1.82, 2.24) is 14.1 Å². The second-order valence-electron chi connectivity index (χ2n) is 15.1. The molecule has 0 spiro atoms. The van der Waals surface area contributed by atoms with Gasteiger partial charge in [-0.1, -0.05) is 164 Å². The fourth-order valence-electron chi connectivity index (χ4n) is 9.62. The molecule has 4 nitrogen and oxygen atoms in total. The van der Waals surface area contributed by atoms with E-state index >= 15 is 0 Å². The molecule has 0 aliphatic heterocycles. The molecule has 8 aromatic carbocycles. The summed E-state index contributed by atoms with van der Waals surface area (Å²) in [6, 6.07) is 77.2. The summed E-state index contributed by atoms with van der Waals surface area (Å²) in [6.45, 7) is 0. The lowest BCUT2D eigenvalue weighted by Crippen LogP contribution is -2.74. The highest BCUT2D eigenvalue weighted by Gasteiger charge is 2.43. The third-order valence-electron chi connectivity index (χ3n) is 12.1. The summed E-state index contributed by atoms with van der Waals surface area (Å²) in [5.74, 6) is 1.76. The third kappa shape index (κ3) is 4.71. The van der Waals surface area contributed by atoms with Gasteiger partial charge >= 0.3 is 0 Å². The number of hydrogen-bond acceptors (Lipinski definition) is 2. The summed E-state index contributed by atoms with van der Waals surface area (Å²) in [6.07, 6.45) is 0. The molecule has 12 aromatic rings. The molecule has 0 unspecified atom stereocenters. The summed E-state index contributed by atoms with van der Waals surface area (Å²) in [4.78, 5) is 5.73. The highest BCUT2D eigenvalue weighted by atomic mass is 28.3. The number of nitrogens with zero attached hydrogens (tertiary/aromatic N) is 3. The lowest BCUT2D eigenvalue weighted by atomic mass is 10.1. The van der Waals surface area contributed by atoms with E-state index in [0.717, 1.165) is 55.6 Å². The molecule has 12 rings (SSSR count). The minimum Gasteiger partial charge on any atom is -0.456 e. The lowest BCUT2D eigenvalue weighted by molar-refractivity contribution is 0.669. The summed E-state index contributed by atoms with van der Waals surface area (Å²) in [7, 11) is -3.14. The predicted molar refractivity (Wildman–Crippen MR) is 244 cm³/mol. The SMILES string of the molecule is c1ccc([Si](c2ccccc2)(c2cc(-n3c4ccccc4c4ccccc43)nc(-n3c4ccccc4c4ccccc43)c2)c2ccc3oc4ccccc4c3c2)cc1. The second kappa shape index (κ2) is 12.8. The zero-order chi connectivity index (χ0) is 38.2. The minimum absolute atomic E-state index is 0.880. The molecule has 0 fully saturated rings. The van der Waals surface area contributed by atoms with Crippen LogP contribution < -0.4 is 20.7 Å². The molecule has 58 heavy (non-hydrogen) atoms. The van der Waals surface area contributed by atoms with Gasteiger partial charge in [-0.05, 0) is 69.3 Å². The van der Waals surface area contributed by atoms with Crippen molar-refractivity contribution in [3.63, 3.8) is 0 Å². The fourth-order valence-corrected chi connectivity index (χ4v) is 14.4. The molecule has 0 saturated heterocycles. The van der Waals surface area contributed by atoms with Crippen molar-refractivity contribution in [1.29, 1.82) is 0 Å². The summed E-state index contributed by atoms with van der Waals surface area (Å²) < 4.78 is 11.2. The summed E-state index contributed by atoms with van der Waals surface area (Å²) in [5.41, 5.74) is 6.28. The quantitative estimate of drug-likeness (QED) is 0.125. The number of para-hydroxylation sites is 5. The molecular formula is C53H35N3OSi. The monoisotopic (exact) mass is 757 g/mol. The highest BCUT2D eigenvalue weighted by molar-refractivity contribution is 7.20. The number of fused-ring (bicyclic) bond motifs is 9. The number of rotatable bonds is 6. The van der Waals surface area contributed by atoms with Crippen LogP contribution >= 0.6 is 0 Å². The zero-order valence-electron chi connectivity index (χ0n) is 31.5. The van der Waals surface area contributed by atoms with Crippen molar-refractivity contribution in [2.75, 3.05) is 0 Å². The molecule has 0 radical (unpaired) electrons. The van der Waals surface area contributed by atoms with E-state index in [9.17, 15) is 0 Å². The smallest absolute Gasteiger partial charge is 0.179 e. The summed E-state index contributed by atoms with van der Waals surface area (Å²) in [5, 5.41) is 12.2. The van der Waals surface area contributed by atoms with Gasteiger partial charge in [0.2, 0.25) is 0 Å². The molecule has 0 N–H and O–H groups in total. The lowest BCUT2D eigenvalue weighted by Gasteiger charge is -2.35. The van der Waals surface area contributed by atoms with Crippen molar-refractivity contribution >= 4 is 94.4 Å². The molecule has 0 bridgehead atoms. The van der Waals surface area contributed by atoms with E-state index in [2.05, 4.69) is 215 Å². The number of furan rings is 1. The van der Waals surface area contributed by atoms with Crippen LogP contribution in [0, 0.1) is 0 Å². The summed E-state index contributed by atoms with van der Waals surface area (Å²) >= 11 is 0. The first-order chi connectivity index (χ1) is 28.8. The fraction of sp³-hybridized carbons (Fsp3) is 0. The van der Waals surface area contributed by atoms with Crippen LogP contribution in [-0.4, -0.2) is 22.2 Å². The van der Waals surface area contributed by atoms with Crippen LogP contribution in [0.1, 0.15) is 0 Å². The molecule has 272 valence electrons. The van der Waals surface area contributed by atoms with E-state index in [-0.39, 0.29) is 0 Å². The van der Waals surface area contributed by atoms with Crippen LogP contribution in [0.2, 0.25) is 0 Å². The van der Waals surface area contributed by atoms with Crippen LogP contribution in [0.15, 0.2) is 217 Å². The third-order valence-corrected chi connectivity index (χ3v) is 16.8. The van der Waals surface area contributed by atoms with E-state index < -0.39 is 8.07 Å². The van der Waals surface area contributed by atoms with Gasteiger partial charge in [0.25, 0.3) is 0 Å². The van der Waals surface area contributed by atoms with Crippen molar-refractivity contribution in [3.8, 4) is 11.6 Å². The molecule has 0 aliphatic rings. The van der Waals surface area contributed by atoms with Crippen molar-refractivity contribution in [2.24, 2.45) is 0 Å². The standard InChI is InChI=1S/C53H35N3OSi/c1-3-17-36(18-4-1)58(37-19-5-2-6-20-37,38-31-32-51-45(33-38)44-25-11-16-30-50(44)57-51)39-34-52(55-46-26-12-7-21-40(46)41-22-8-13-27-47(41)55)54-53(35-39)56-48-28-14-9-23-42(48)43-24-10-15-29-49(43)56/h1-35H. The van der Waals surface area contributed by atoms with Crippen molar-refractivity contribution in [2.45, 2.75) is 0 Å². The Hall–Kier alpha value is -7.47.